The minimum absolute atomic E-state index is 0.0850. The minimum atomic E-state index is -4.95. The average molecular weight is 423 g/mol. The van der Waals surface area contributed by atoms with Crippen LogP contribution in [0.2, 0.25) is 10.0 Å². The highest BCUT2D eigenvalue weighted by atomic mass is 35.5. The number of alkyl halides is 3. The van der Waals surface area contributed by atoms with Crippen molar-refractivity contribution in [2.24, 2.45) is 0 Å². The summed E-state index contributed by atoms with van der Waals surface area (Å²) >= 11 is 11.7. The first-order valence-corrected chi connectivity index (χ1v) is 7.97. The maximum absolute atomic E-state index is 14.0. The van der Waals surface area contributed by atoms with E-state index in [1.165, 1.54) is 18.2 Å². The van der Waals surface area contributed by atoms with Crippen molar-refractivity contribution in [2.75, 3.05) is 0 Å². The van der Waals surface area contributed by atoms with Crippen molar-refractivity contribution in [3.8, 4) is 17.2 Å². The molecule has 0 aliphatic carbocycles. The molecule has 0 saturated carbocycles. The van der Waals surface area contributed by atoms with Crippen LogP contribution in [0.5, 0.6) is 17.2 Å². The number of hydrogen-bond acceptors (Lipinski definition) is 3. The Kier molecular flexibility index (Phi) is 4.96. The number of carboxylic acid groups (broad SMARTS) is 1. The Labute approximate surface area is 159 Å². The van der Waals surface area contributed by atoms with Gasteiger partial charge >= 0.3 is 12.1 Å². The van der Waals surface area contributed by atoms with Gasteiger partial charge in [0.1, 0.15) is 5.75 Å². The molecule has 1 N–H and O–H groups in total. The summed E-state index contributed by atoms with van der Waals surface area (Å²) in [6.07, 6.45) is -6.87. The van der Waals surface area contributed by atoms with Gasteiger partial charge in [-0.1, -0.05) is 23.2 Å². The van der Waals surface area contributed by atoms with Crippen molar-refractivity contribution in [2.45, 2.75) is 12.3 Å². The Bertz CT molecular complexity index is 957. The molecule has 0 spiro atoms. The number of fused-ring (bicyclic) bond motifs is 1. The Morgan fingerprint density at radius 1 is 1.19 bits per heavy atom. The first-order valence-electron chi connectivity index (χ1n) is 7.21. The number of rotatable bonds is 3. The summed E-state index contributed by atoms with van der Waals surface area (Å²) in [4.78, 5) is 11.3. The molecule has 2 aromatic carbocycles. The zero-order chi connectivity index (χ0) is 19.9. The molecule has 2 aromatic rings. The standard InChI is InChI=1S/C17H8Cl2F4O4/c18-7-1-3-13(11(20)5-7)26-14-8-6-9(16(24)25)15(17(21,22)23)27-12(8)4-2-10(14)19/h1-6,15H,(H,24,25). The van der Waals surface area contributed by atoms with Crippen LogP contribution < -0.4 is 9.47 Å². The summed E-state index contributed by atoms with van der Waals surface area (Å²) in [6.45, 7) is 0. The van der Waals surface area contributed by atoms with Crippen molar-refractivity contribution in [3.63, 3.8) is 0 Å². The topological polar surface area (TPSA) is 55.8 Å². The van der Waals surface area contributed by atoms with E-state index in [1.54, 1.807) is 0 Å². The van der Waals surface area contributed by atoms with Crippen LogP contribution in [-0.4, -0.2) is 23.4 Å². The van der Waals surface area contributed by atoms with Crippen LogP contribution in [0.4, 0.5) is 17.6 Å². The predicted octanol–water partition coefficient (Wildman–Crippen LogP) is 5.72. The van der Waals surface area contributed by atoms with E-state index >= 15 is 0 Å². The average Bonchev–Trinajstić information content (AvgIpc) is 2.57. The van der Waals surface area contributed by atoms with Gasteiger partial charge in [-0.15, -0.1) is 0 Å². The van der Waals surface area contributed by atoms with Crippen LogP contribution in [0.15, 0.2) is 35.9 Å². The Balaban J connectivity index is 2.12. The Morgan fingerprint density at radius 2 is 1.89 bits per heavy atom. The zero-order valence-electron chi connectivity index (χ0n) is 13.0. The molecule has 3 rings (SSSR count). The van der Waals surface area contributed by atoms with E-state index < -0.39 is 29.6 Å². The molecule has 0 saturated heterocycles. The van der Waals surface area contributed by atoms with E-state index in [1.807, 2.05) is 0 Å². The van der Waals surface area contributed by atoms with Gasteiger partial charge < -0.3 is 14.6 Å². The van der Waals surface area contributed by atoms with Crippen molar-refractivity contribution >= 4 is 35.2 Å². The molecule has 0 radical (unpaired) electrons. The van der Waals surface area contributed by atoms with Crippen molar-refractivity contribution < 1.29 is 36.9 Å². The monoisotopic (exact) mass is 422 g/mol. The molecule has 1 atom stereocenters. The molecular weight excluding hydrogens is 415 g/mol. The number of carboxylic acids is 1. The molecule has 27 heavy (non-hydrogen) atoms. The van der Waals surface area contributed by atoms with Gasteiger partial charge in [-0.25, -0.2) is 9.18 Å². The lowest BCUT2D eigenvalue weighted by molar-refractivity contribution is -0.187. The molecular formula is C17H8Cl2F4O4. The third-order valence-corrected chi connectivity index (χ3v) is 4.12. The Hall–Kier alpha value is -2.45. The predicted molar refractivity (Wildman–Crippen MR) is 89.0 cm³/mol. The lowest BCUT2D eigenvalue weighted by atomic mass is 10.0. The molecule has 0 aromatic heterocycles. The van der Waals surface area contributed by atoms with Crippen LogP contribution in [0.3, 0.4) is 0 Å². The quantitative estimate of drug-likeness (QED) is 0.643. The molecule has 1 aliphatic heterocycles. The highest BCUT2D eigenvalue weighted by Gasteiger charge is 2.48. The maximum Gasteiger partial charge on any atom is 0.430 e. The first kappa shape index (κ1) is 19.3. The number of ether oxygens (including phenoxy) is 2. The third kappa shape index (κ3) is 3.81. The Morgan fingerprint density at radius 3 is 2.48 bits per heavy atom. The fourth-order valence-electron chi connectivity index (χ4n) is 2.40. The molecule has 1 aliphatic rings. The lowest BCUT2D eigenvalue weighted by Gasteiger charge is -2.28. The molecule has 0 bridgehead atoms. The van der Waals surface area contributed by atoms with Crippen LogP contribution in [0.1, 0.15) is 5.56 Å². The van der Waals surface area contributed by atoms with Gasteiger partial charge in [0.05, 0.1) is 16.2 Å². The molecule has 10 heteroatoms. The van der Waals surface area contributed by atoms with Gasteiger partial charge in [-0.2, -0.15) is 13.2 Å². The van der Waals surface area contributed by atoms with E-state index in [4.69, 9.17) is 37.8 Å². The van der Waals surface area contributed by atoms with Crippen molar-refractivity contribution in [1.29, 1.82) is 0 Å². The number of carbonyl (C=O) groups is 1. The molecule has 0 amide bonds. The van der Waals surface area contributed by atoms with Gasteiger partial charge in [0, 0.05) is 5.02 Å². The van der Waals surface area contributed by atoms with E-state index in [-0.39, 0.29) is 32.9 Å². The molecule has 1 heterocycles. The van der Waals surface area contributed by atoms with E-state index in [0.717, 1.165) is 18.2 Å². The fraction of sp³-hybridized carbons (Fsp3) is 0.118. The third-order valence-electron chi connectivity index (χ3n) is 3.59. The summed E-state index contributed by atoms with van der Waals surface area (Å²) in [6, 6.07) is 5.82. The largest absolute Gasteiger partial charge is 0.478 e. The lowest BCUT2D eigenvalue weighted by Crippen LogP contribution is -2.40. The van der Waals surface area contributed by atoms with Gasteiger partial charge in [-0.05, 0) is 36.4 Å². The van der Waals surface area contributed by atoms with E-state index in [9.17, 15) is 22.4 Å². The first-order chi connectivity index (χ1) is 12.6. The number of hydrogen-bond donors (Lipinski definition) is 1. The molecule has 1 unspecified atom stereocenters. The van der Waals surface area contributed by atoms with Gasteiger partial charge in [0.2, 0.25) is 6.10 Å². The van der Waals surface area contributed by atoms with Crippen molar-refractivity contribution in [3.05, 3.63) is 57.3 Å². The minimum Gasteiger partial charge on any atom is -0.478 e. The molecule has 0 fully saturated rings. The summed E-state index contributed by atoms with van der Waals surface area (Å²) in [5.74, 6) is -3.54. The smallest absolute Gasteiger partial charge is 0.430 e. The highest BCUT2D eigenvalue weighted by molar-refractivity contribution is 6.32. The summed E-state index contributed by atoms with van der Waals surface area (Å²) in [5, 5.41) is 9.14. The van der Waals surface area contributed by atoms with E-state index in [2.05, 4.69) is 0 Å². The maximum atomic E-state index is 14.0. The fourth-order valence-corrected chi connectivity index (χ4v) is 2.77. The van der Waals surface area contributed by atoms with Crippen LogP contribution in [-0.2, 0) is 4.79 Å². The second kappa shape index (κ2) is 6.94. The summed E-state index contributed by atoms with van der Waals surface area (Å²) in [7, 11) is 0. The van der Waals surface area contributed by atoms with E-state index in [0.29, 0.717) is 0 Å². The summed E-state index contributed by atoms with van der Waals surface area (Å²) < 4.78 is 63.5. The van der Waals surface area contributed by atoms with Crippen LogP contribution in [0.25, 0.3) is 6.08 Å². The SMILES string of the molecule is O=C(O)C1=Cc2c(ccc(Cl)c2Oc2ccc(Cl)cc2F)OC1C(F)(F)F. The molecule has 142 valence electrons. The van der Waals surface area contributed by atoms with Crippen LogP contribution >= 0.6 is 23.2 Å². The normalized spacial score (nSPS) is 16.2. The zero-order valence-corrected chi connectivity index (χ0v) is 14.5. The second-order valence-electron chi connectivity index (χ2n) is 5.41. The molecule has 4 nitrogen and oxygen atoms in total. The number of halogens is 6. The summed E-state index contributed by atoms with van der Waals surface area (Å²) in [5.41, 5.74) is -1.21. The van der Waals surface area contributed by atoms with Gasteiger partial charge in [0.25, 0.3) is 0 Å². The van der Waals surface area contributed by atoms with Crippen LogP contribution in [0, 0.1) is 5.82 Å². The second-order valence-corrected chi connectivity index (χ2v) is 6.25. The van der Waals surface area contributed by atoms with Crippen molar-refractivity contribution in [1.82, 2.24) is 0 Å². The number of aliphatic carboxylic acids is 1. The van der Waals surface area contributed by atoms with Gasteiger partial charge in [0.15, 0.2) is 17.3 Å². The van der Waals surface area contributed by atoms with Gasteiger partial charge in [-0.3, -0.25) is 0 Å². The number of benzene rings is 2. The highest BCUT2D eigenvalue weighted by Crippen LogP contribution is 2.45.